The van der Waals surface area contributed by atoms with Gasteiger partial charge < -0.3 is 15.1 Å². The molecule has 0 unspecified atom stereocenters. The summed E-state index contributed by atoms with van der Waals surface area (Å²) in [5, 5.41) is 3.92. The highest BCUT2D eigenvalue weighted by molar-refractivity contribution is 6.30. The number of hydrogen-bond donors (Lipinski definition) is 1. The van der Waals surface area contributed by atoms with Crippen molar-refractivity contribution in [3.8, 4) is 0 Å². The molecule has 1 aromatic carbocycles. The highest BCUT2D eigenvalue weighted by atomic mass is 35.5. The van der Waals surface area contributed by atoms with Gasteiger partial charge in [-0.2, -0.15) is 0 Å². The number of nitrogens with one attached hydrogen (secondary N) is 1. The van der Waals surface area contributed by atoms with Gasteiger partial charge in [0.25, 0.3) is 0 Å². The van der Waals surface area contributed by atoms with Crippen molar-refractivity contribution in [1.82, 2.24) is 15.1 Å². The van der Waals surface area contributed by atoms with E-state index >= 15 is 0 Å². The van der Waals surface area contributed by atoms with Gasteiger partial charge in [-0.1, -0.05) is 11.6 Å². The van der Waals surface area contributed by atoms with E-state index in [0.717, 1.165) is 64.2 Å². The molecule has 1 amide bonds. The number of benzene rings is 1. The molecule has 0 aliphatic carbocycles. The van der Waals surface area contributed by atoms with Crippen LogP contribution < -0.4 is 5.32 Å². The first kappa shape index (κ1) is 18.4. The number of likely N-dealkylation sites (tertiary alicyclic amines) is 1. The smallest absolute Gasteiger partial charge is 0.223 e. The van der Waals surface area contributed by atoms with Crippen LogP contribution in [-0.4, -0.2) is 67.3 Å². The lowest BCUT2D eigenvalue weighted by Crippen LogP contribution is -2.47. The number of amides is 1. The van der Waals surface area contributed by atoms with Gasteiger partial charge in [0.2, 0.25) is 5.91 Å². The van der Waals surface area contributed by atoms with Gasteiger partial charge in [0, 0.05) is 55.6 Å². The lowest BCUT2D eigenvalue weighted by Gasteiger charge is -2.32. The van der Waals surface area contributed by atoms with Crippen LogP contribution in [0.3, 0.4) is 0 Å². The second-order valence-corrected chi connectivity index (χ2v) is 7.30. The zero-order valence-electron chi connectivity index (χ0n) is 14.5. The normalized spacial score (nSPS) is 19.8. The van der Waals surface area contributed by atoms with Crippen LogP contribution in [0.2, 0.25) is 5.02 Å². The summed E-state index contributed by atoms with van der Waals surface area (Å²) in [4.78, 5) is 29.1. The van der Waals surface area contributed by atoms with Crippen LogP contribution >= 0.6 is 11.6 Å². The predicted octanol–water partition coefficient (Wildman–Crippen LogP) is 2.06. The minimum absolute atomic E-state index is 0.0845. The summed E-state index contributed by atoms with van der Waals surface area (Å²) in [6.45, 7) is 5.99. The van der Waals surface area contributed by atoms with Crippen LogP contribution in [0.25, 0.3) is 0 Å². The molecule has 2 aliphatic heterocycles. The summed E-state index contributed by atoms with van der Waals surface area (Å²) < 4.78 is 0. The summed E-state index contributed by atoms with van der Waals surface area (Å²) in [5.41, 5.74) is 0.747. The second kappa shape index (κ2) is 8.79. The van der Waals surface area contributed by atoms with E-state index in [2.05, 4.69) is 10.2 Å². The Morgan fingerprint density at radius 2 is 1.68 bits per heavy atom. The summed E-state index contributed by atoms with van der Waals surface area (Å²) in [5.74, 6) is 0.551. The topological polar surface area (TPSA) is 52.7 Å². The number of piperazine rings is 1. The van der Waals surface area contributed by atoms with Gasteiger partial charge in [0.15, 0.2) is 5.78 Å². The molecule has 2 aliphatic rings. The van der Waals surface area contributed by atoms with Gasteiger partial charge >= 0.3 is 0 Å². The van der Waals surface area contributed by atoms with Crippen molar-refractivity contribution in [2.24, 2.45) is 5.92 Å². The first-order chi connectivity index (χ1) is 12.1. The predicted molar refractivity (Wildman–Crippen MR) is 99.0 cm³/mol. The Hall–Kier alpha value is -1.43. The zero-order chi connectivity index (χ0) is 17.6. The molecule has 1 N–H and O–H groups in total. The SMILES string of the molecule is O=C(c1ccc(Cl)cc1)C1CCN(CCC(=O)N2CCNCC2)CC1. The molecule has 2 heterocycles. The number of hydrogen-bond acceptors (Lipinski definition) is 4. The number of nitrogens with zero attached hydrogens (tertiary/aromatic N) is 2. The molecule has 6 heteroatoms. The van der Waals surface area contributed by atoms with Crippen LogP contribution in [0.5, 0.6) is 0 Å². The molecular weight excluding hydrogens is 338 g/mol. The van der Waals surface area contributed by atoms with Crippen molar-refractivity contribution in [1.29, 1.82) is 0 Å². The number of halogens is 1. The maximum atomic E-state index is 12.6. The lowest BCUT2D eigenvalue weighted by atomic mass is 9.89. The molecular formula is C19H26ClN3O2. The number of carbonyl (C=O) groups excluding carboxylic acids is 2. The van der Waals surface area contributed by atoms with Crippen LogP contribution in [0.1, 0.15) is 29.6 Å². The van der Waals surface area contributed by atoms with Gasteiger partial charge in [-0.05, 0) is 50.2 Å². The Bertz CT molecular complexity index is 591. The molecule has 25 heavy (non-hydrogen) atoms. The first-order valence-electron chi connectivity index (χ1n) is 9.14. The number of rotatable bonds is 5. The molecule has 0 bridgehead atoms. The highest BCUT2D eigenvalue weighted by Gasteiger charge is 2.26. The molecule has 0 saturated carbocycles. The van der Waals surface area contributed by atoms with Crippen molar-refractivity contribution in [2.45, 2.75) is 19.3 Å². The zero-order valence-corrected chi connectivity index (χ0v) is 15.3. The van der Waals surface area contributed by atoms with Crippen LogP contribution in [0, 0.1) is 5.92 Å². The van der Waals surface area contributed by atoms with E-state index in [1.54, 1.807) is 12.1 Å². The van der Waals surface area contributed by atoms with E-state index in [9.17, 15) is 9.59 Å². The molecule has 3 rings (SSSR count). The van der Waals surface area contributed by atoms with Crippen molar-refractivity contribution in [2.75, 3.05) is 45.8 Å². The van der Waals surface area contributed by atoms with Crippen molar-refractivity contribution >= 4 is 23.3 Å². The lowest BCUT2D eigenvalue weighted by molar-refractivity contribution is -0.132. The standard InChI is InChI=1S/C19H26ClN3O2/c20-17-3-1-15(2-4-17)19(25)16-5-10-22(11-6-16)12-7-18(24)23-13-8-21-9-14-23/h1-4,16,21H,5-14H2. The number of piperidine rings is 1. The Morgan fingerprint density at radius 3 is 2.32 bits per heavy atom. The van der Waals surface area contributed by atoms with E-state index in [1.807, 2.05) is 17.0 Å². The van der Waals surface area contributed by atoms with Crippen molar-refractivity contribution < 1.29 is 9.59 Å². The third-order valence-corrected chi connectivity index (χ3v) is 5.45. The monoisotopic (exact) mass is 363 g/mol. The summed E-state index contributed by atoms with van der Waals surface area (Å²) in [6.07, 6.45) is 2.31. The van der Waals surface area contributed by atoms with Gasteiger partial charge in [0.05, 0.1) is 0 Å². The Labute approximate surface area is 154 Å². The van der Waals surface area contributed by atoms with Crippen LogP contribution in [0.15, 0.2) is 24.3 Å². The quantitative estimate of drug-likeness (QED) is 0.813. The highest BCUT2D eigenvalue weighted by Crippen LogP contribution is 2.23. The average Bonchev–Trinajstić information content (AvgIpc) is 2.67. The third kappa shape index (κ3) is 5.03. The van der Waals surface area contributed by atoms with Crippen molar-refractivity contribution in [3.63, 3.8) is 0 Å². The van der Waals surface area contributed by atoms with Gasteiger partial charge in [-0.25, -0.2) is 0 Å². The second-order valence-electron chi connectivity index (χ2n) is 6.87. The third-order valence-electron chi connectivity index (χ3n) is 5.20. The minimum atomic E-state index is 0.0845. The van der Waals surface area contributed by atoms with Crippen molar-refractivity contribution in [3.05, 3.63) is 34.9 Å². The maximum absolute atomic E-state index is 12.6. The summed E-state index contributed by atoms with van der Waals surface area (Å²) in [7, 11) is 0. The number of ketones is 1. The maximum Gasteiger partial charge on any atom is 0.223 e. The van der Waals surface area contributed by atoms with E-state index in [1.165, 1.54) is 0 Å². The molecule has 2 fully saturated rings. The minimum Gasteiger partial charge on any atom is -0.340 e. The molecule has 1 aromatic rings. The molecule has 0 spiro atoms. The molecule has 2 saturated heterocycles. The molecule has 0 atom stereocenters. The Kier molecular flexibility index (Phi) is 6.45. The fourth-order valence-electron chi connectivity index (χ4n) is 3.59. The molecule has 0 aromatic heterocycles. The molecule has 136 valence electrons. The van der Waals surface area contributed by atoms with Crippen LogP contribution in [0.4, 0.5) is 0 Å². The number of Topliss-reactive ketones (excluding diaryl/α,β-unsaturated/α-hetero) is 1. The first-order valence-corrected chi connectivity index (χ1v) is 9.52. The fourth-order valence-corrected chi connectivity index (χ4v) is 3.72. The van der Waals surface area contributed by atoms with Crippen LogP contribution in [-0.2, 0) is 4.79 Å². The van der Waals surface area contributed by atoms with E-state index < -0.39 is 0 Å². The summed E-state index contributed by atoms with van der Waals surface area (Å²) >= 11 is 5.89. The van der Waals surface area contributed by atoms with Gasteiger partial charge in [-0.3, -0.25) is 9.59 Å². The summed E-state index contributed by atoms with van der Waals surface area (Å²) in [6, 6.07) is 7.16. The fraction of sp³-hybridized carbons (Fsp3) is 0.579. The largest absolute Gasteiger partial charge is 0.340 e. The van der Waals surface area contributed by atoms with E-state index in [-0.39, 0.29) is 17.6 Å². The van der Waals surface area contributed by atoms with E-state index in [4.69, 9.17) is 11.6 Å². The van der Waals surface area contributed by atoms with Gasteiger partial charge in [-0.15, -0.1) is 0 Å². The van der Waals surface area contributed by atoms with E-state index in [0.29, 0.717) is 11.4 Å². The molecule has 5 nitrogen and oxygen atoms in total. The Morgan fingerprint density at radius 1 is 1.04 bits per heavy atom. The molecule has 0 radical (unpaired) electrons. The average molecular weight is 364 g/mol. The number of carbonyl (C=O) groups is 2. The van der Waals surface area contributed by atoms with Gasteiger partial charge in [0.1, 0.15) is 0 Å². The Balaban J connectivity index is 1.41.